The zero-order chi connectivity index (χ0) is 24.1. The normalized spacial score (nSPS) is 20.5. The lowest BCUT2D eigenvalue weighted by molar-refractivity contribution is -0.120. The summed E-state index contributed by atoms with van der Waals surface area (Å²) in [5, 5.41) is 0. The average molecular weight is 492 g/mol. The molecule has 11 heteroatoms. The third-order valence-corrected chi connectivity index (χ3v) is 7.31. The van der Waals surface area contributed by atoms with Crippen LogP contribution in [0.25, 0.3) is 0 Å². The number of amides is 3. The number of carbonyl (C=O) groups is 2. The van der Waals surface area contributed by atoms with Crippen molar-refractivity contribution in [2.24, 2.45) is 0 Å². The summed E-state index contributed by atoms with van der Waals surface area (Å²) in [5.74, 6) is 0.533. The number of alkyl halides is 3. The Balaban J connectivity index is 1.34. The molecule has 3 aliphatic rings. The van der Waals surface area contributed by atoms with Gasteiger partial charge in [-0.05, 0) is 73.6 Å². The molecule has 0 radical (unpaired) electrons. The van der Waals surface area contributed by atoms with Crippen molar-refractivity contribution < 1.29 is 22.8 Å². The van der Waals surface area contributed by atoms with Gasteiger partial charge >= 0.3 is 11.5 Å². The molecule has 3 heterocycles. The predicted octanol–water partition coefficient (Wildman–Crippen LogP) is 3.95. The van der Waals surface area contributed by atoms with E-state index in [0.717, 1.165) is 42.5 Å². The van der Waals surface area contributed by atoms with Crippen LogP contribution in [-0.4, -0.2) is 71.0 Å². The van der Waals surface area contributed by atoms with Crippen LogP contribution in [-0.2, 0) is 11.3 Å². The Hall–Kier alpha value is -2.79. The van der Waals surface area contributed by atoms with Gasteiger partial charge in [0, 0.05) is 43.8 Å². The molecule has 0 unspecified atom stereocenters. The first kappa shape index (κ1) is 23.0. The van der Waals surface area contributed by atoms with E-state index in [2.05, 4.69) is 21.8 Å². The van der Waals surface area contributed by atoms with Gasteiger partial charge in [-0.15, -0.1) is 0 Å². The standard InChI is InChI=1S/C23H24F3N5O2S/c1-28-10-12-29(13-11-28)19-14-16(6-9-27-19)15-30-21(33)31(20(32)22(30)7-8-22)17-2-4-18(5-3-17)34-23(24,25)26/h2-6,9,14H,7-8,10-13,15H2,1H3. The van der Waals surface area contributed by atoms with E-state index in [4.69, 9.17) is 0 Å². The van der Waals surface area contributed by atoms with E-state index in [-0.39, 0.29) is 34.8 Å². The highest BCUT2D eigenvalue weighted by Crippen LogP contribution is 2.50. The second-order valence-electron chi connectivity index (χ2n) is 8.90. The molecule has 2 aromatic rings. The lowest BCUT2D eigenvalue weighted by Crippen LogP contribution is -2.44. The molecule has 1 aliphatic carbocycles. The molecule has 5 rings (SSSR count). The third kappa shape index (κ3) is 4.34. The minimum atomic E-state index is -4.40. The topological polar surface area (TPSA) is 60.0 Å². The van der Waals surface area contributed by atoms with Gasteiger partial charge in [-0.25, -0.2) is 14.7 Å². The molecule has 1 spiro atoms. The summed E-state index contributed by atoms with van der Waals surface area (Å²) in [4.78, 5) is 38.2. The monoisotopic (exact) mass is 491 g/mol. The minimum Gasteiger partial charge on any atom is -0.354 e. The Kier molecular flexibility index (Phi) is 5.71. The zero-order valence-corrected chi connectivity index (χ0v) is 19.4. The number of carbonyl (C=O) groups excluding carboxylic acids is 2. The van der Waals surface area contributed by atoms with Gasteiger partial charge in [0.15, 0.2) is 0 Å². The van der Waals surface area contributed by atoms with E-state index in [9.17, 15) is 22.8 Å². The predicted molar refractivity (Wildman–Crippen MR) is 123 cm³/mol. The molecule has 2 aliphatic heterocycles. The van der Waals surface area contributed by atoms with Crippen LogP contribution in [0.2, 0.25) is 0 Å². The van der Waals surface area contributed by atoms with E-state index in [1.807, 2.05) is 12.1 Å². The first-order valence-electron chi connectivity index (χ1n) is 11.1. The van der Waals surface area contributed by atoms with Crippen LogP contribution in [0.3, 0.4) is 0 Å². The van der Waals surface area contributed by atoms with Crippen LogP contribution in [0, 0.1) is 0 Å². The van der Waals surface area contributed by atoms with Crippen molar-refractivity contribution in [3.8, 4) is 0 Å². The highest BCUT2D eigenvalue weighted by molar-refractivity contribution is 8.00. The fraction of sp³-hybridized carbons (Fsp3) is 0.435. The Morgan fingerprint density at radius 2 is 1.71 bits per heavy atom. The summed E-state index contributed by atoms with van der Waals surface area (Å²) >= 11 is -0.230. The van der Waals surface area contributed by atoms with Gasteiger partial charge in [0.1, 0.15) is 11.4 Å². The number of hydrogen-bond donors (Lipinski definition) is 0. The fourth-order valence-electron chi connectivity index (χ4n) is 4.51. The van der Waals surface area contributed by atoms with Gasteiger partial charge in [0.2, 0.25) is 0 Å². The highest BCUT2D eigenvalue weighted by Gasteiger charge is 2.65. The molecule has 3 amide bonds. The van der Waals surface area contributed by atoms with Crippen molar-refractivity contribution in [2.75, 3.05) is 43.0 Å². The van der Waals surface area contributed by atoms with E-state index >= 15 is 0 Å². The number of anilines is 2. The molecule has 0 bridgehead atoms. The number of imide groups is 1. The number of hydrogen-bond acceptors (Lipinski definition) is 6. The average Bonchev–Trinajstić information content (AvgIpc) is 3.57. The number of halogens is 3. The van der Waals surface area contributed by atoms with Crippen LogP contribution in [0.15, 0.2) is 47.5 Å². The van der Waals surface area contributed by atoms with Gasteiger partial charge < -0.3 is 14.7 Å². The number of aromatic nitrogens is 1. The van der Waals surface area contributed by atoms with Crippen LogP contribution >= 0.6 is 11.8 Å². The summed E-state index contributed by atoms with van der Waals surface area (Å²) in [6.45, 7) is 3.90. The van der Waals surface area contributed by atoms with Gasteiger partial charge in [-0.2, -0.15) is 13.2 Å². The molecular formula is C23H24F3N5O2S. The highest BCUT2D eigenvalue weighted by atomic mass is 32.2. The maximum absolute atomic E-state index is 13.3. The van der Waals surface area contributed by atoms with Gasteiger partial charge in [0.05, 0.1) is 5.69 Å². The van der Waals surface area contributed by atoms with Crippen LogP contribution in [0.5, 0.6) is 0 Å². The van der Waals surface area contributed by atoms with E-state index in [0.29, 0.717) is 12.8 Å². The number of benzene rings is 1. The summed E-state index contributed by atoms with van der Waals surface area (Å²) < 4.78 is 37.9. The van der Waals surface area contributed by atoms with Crippen molar-refractivity contribution >= 4 is 35.2 Å². The first-order chi connectivity index (χ1) is 16.2. The number of pyridine rings is 1. The van der Waals surface area contributed by atoms with Gasteiger partial charge in [0.25, 0.3) is 5.91 Å². The quantitative estimate of drug-likeness (QED) is 0.467. The van der Waals surface area contributed by atoms with E-state index in [1.165, 1.54) is 24.3 Å². The minimum absolute atomic E-state index is 0.00144. The van der Waals surface area contributed by atoms with E-state index in [1.54, 1.807) is 11.1 Å². The van der Waals surface area contributed by atoms with Crippen molar-refractivity contribution in [2.45, 2.75) is 35.3 Å². The fourth-order valence-corrected chi connectivity index (χ4v) is 5.05. The number of urea groups is 1. The Labute approximate surface area is 199 Å². The van der Waals surface area contributed by atoms with Crippen molar-refractivity contribution in [1.82, 2.24) is 14.8 Å². The van der Waals surface area contributed by atoms with Crippen LogP contribution < -0.4 is 9.80 Å². The summed E-state index contributed by atoms with van der Waals surface area (Å²) in [6.07, 6.45) is 2.87. The molecule has 7 nitrogen and oxygen atoms in total. The maximum atomic E-state index is 13.3. The number of thioether (sulfide) groups is 1. The molecular weight excluding hydrogens is 467 g/mol. The Morgan fingerprint density at radius 3 is 2.32 bits per heavy atom. The molecule has 1 aromatic carbocycles. The number of piperazine rings is 1. The lowest BCUT2D eigenvalue weighted by Gasteiger charge is -2.33. The molecule has 2 saturated heterocycles. The number of rotatable bonds is 5. The molecule has 0 N–H and O–H groups in total. The van der Waals surface area contributed by atoms with Crippen LogP contribution in [0.4, 0.5) is 29.5 Å². The number of nitrogens with zero attached hydrogens (tertiary/aromatic N) is 5. The largest absolute Gasteiger partial charge is 0.446 e. The lowest BCUT2D eigenvalue weighted by atomic mass is 10.2. The molecule has 1 saturated carbocycles. The molecule has 34 heavy (non-hydrogen) atoms. The SMILES string of the molecule is CN1CCN(c2cc(CN3C(=O)N(c4ccc(SC(F)(F)F)cc4)C(=O)C34CC4)ccn2)CC1. The second-order valence-corrected chi connectivity index (χ2v) is 10.0. The zero-order valence-electron chi connectivity index (χ0n) is 18.6. The van der Waals surface area contributed by atoms with Crippen molar-refractivity contribution in [3.63, 3.8) is 0 Å². The maximum Gasteiger partial charge on any atom is 0.446 e. The summed E-state index contributed by atoms with van der Waals surface area (Å²) in [6, 6.07) is 8.70. The van der Waals surface area contributed by atoms with Crippen molar-refractivity contribution in [1.29, 1.82) is 0 Å². The summed E-state index contributed by atoms with van der Waals surface area (Å²) in [5.41, 5.74) is -4.10. The van der Waals surface area contributed by atoms with Crippen LogP contribution in [0.1, 0.15) is 18.4 Å². The van der Waals surface area contributed by atoms with Gasteiger partial charge in [-0.1, -0.05) is 0 Å². The smallest absolute Gasteiger partial charge is 0.354 e. The Bertz CT molecular complexity index is 1100. The Morgan fingerprint density at radius 1 is 1.03 bits per heavy atom. The summed E-state index contributed by atoms with van der Waals surface area (Å²) in [7, 11) is 2.08. The first-order valence-corrected chi connectivity index (χ1v) is 11.9. The molecule has 1 aromatic heterocycles. The third-order valence-electron chi connectivity index (χ3n) is 6.57. The van der Waals surface area contributed by atoms with E-state index < -0.39 is 17.1 Å². The second kappa shape index (κ2) is 8.46. The van der Waals surface area contributed by atoms with Crippen molar-refractivity contribution in [3.05, 3.63) is 48.2 Å². The van der Waals surface area contributed by atoms with Gasteiger partial charge in [-0.3, -0.25) is 4.79 Å². The molecule has 0 atom stereocenters. The molecule has 3 fully saturated rings. The molecule has 180 valence electrons. The number of likely N-dealkylation sites (N-methyl/N-ethyl adjacent to an activating group) is 1.